The molecular weight excluding hydrogens is 266 g/mol. The molecule has 0 aliphatic carbocycles. The van der Waals surface area contributed by atoms with Crippen LogP contribution < -0.4 is 5.73 Å². The first kappa shape index (κ1) is 13.3. The Hall–Kier alpha value is -1.10. The maximum absolute atomic E-state index is 6.08. The van der Waals surface area contributed by atoms with Gasteiger partial charge in [0.05, 0.1) is 10.8 Å². The second kappa shape index (κ2) is 6.73. The highest BCUT2D eigenvalue weighted by Crippen LogP contribution is 2.28. The molecule has 0 aliphatic heterocycles. The van der Waals surface area contributed by atoms with Crippen molar-refractivity contribution < 1.29 is 0 Å². The van der Waals surface area contributed by atoms with Crippen molar-refractivity contribution in [2.24, 2.45) is 5.73 Å². The van der Waals surface area contributed by atoms with Crippen molar-refractivity contribution in [3.05, 3.63) is 53.1 Å². The van der Waals surface area contributed by atoms with Crippen LogP contribution in [0, 0.1) is 0 Å². The molecule has 0 bridgehead atoms. The van der Waals surface area contributed by atoms with Crippen LogP contribution in [0.3, 0.4) is 0 Å². The van der Waals surface area contributed by atoms with E-state index in [1.807, 2.05) is 36.7 Å². The Bertz CT molecular complexity index is 502. The molecule has 94 valence electrons. The lowest BCUT2D eigenvalue weighted by Crippen LogP contribution is -2.04. The minimum Gasteiger partial charge on any atom is -0.330 e. The summed E-state index contributed by atoms with van der Waals surface area (Å²) in [6.45, 7) is 0.622. The molecule has 2 aromatic rings. The van der Waals surface area contributed by atoms with E-state index in [0.717, 1.165) is 27.7 Å². The van der Waals surface area contributed by atoms with Gasteiger partial charge in [-0.2, -0.15) is 0 Å². The van der Waals surface area contributed by atoms with Crippen LogP contribution in [0.5, 0.6) is 0 Å². The normalized spacial score (nSPS) is 10.6. The van der Waals surface area contributed by atoms with Crippen molar-refractivity contribution in [1.82, 2.24) is 9.97 Å². The zero-order chi connectivity index (χ0) is 12.8. The van der Waals surface area contributed by atoms with Crippen LogP contribution in [0.4, 0.5) is 0 Å². The van der Waals surface area contributed by atoms with Gasteiger partial charge in [-0.3, -0.25) is 0 Å². The third kappa shape index (κ3) is 3.70. The van der Waals surface area contributed by atoms with Gasteiger partial charge in [0.25, 0.3) is 0 Å². The average molecular weight is 280 g/mol. The van der Waals surface area contributed by atoms with E-state index in [9.17, 15) is 0 Å². The summed E-state index contributed by atoms with van der Waals surface area (Å²) in [4.78, 5) is 9.67. The number of rotatable bonds is 5. The van der Waals surface area contributed by atoms with Crippen molar-refractivity contribution in [3.63, 3.8) is 0 Å². The van der Waals surface area contributed by atoms with Gasteiger partial charge < -0.3 is 5.73 Å². The Kier molecular flexibility index (Phi) is 4.99. The number of hydrogen-bond acceptors (Lipinski definition) is 4. The Morgan fingerprint density at radius 1 is 1.17 bits per heavy atom. The molecule has 2 rings (SSSR count). The minimum atomic E-state index is 0.622. The standard InChI is InChI=1S/C13H14ClN3S/c14-11-3-1-2-4-12(11)18-9-13-16-7-10(5-6-15)8-17-13/h1-4,7-8H,5-6,9,15H2. The van der Waals surface area contributed by atoms with Gasteiger partial charge in [-0.15, -0.1) is 11.8 Å². The van der Waals surface area contributed by atoms with Gasteiger partial charge in [0.15, 0.2) is 0 Å². The summed E-state index contributed by atoms with van der Waals surface area (Å²) in [7, 11) is 0. The first-order valence-corrected chi connectivity index (χ1v) is 7.03. The second-order valence-corrected chi connectivity index (χ2v) is 5.19. The lowest BCUT2D eigenvalue weighted by atomic mass is 10.2. The van der Waals surface area contributed by atoms with E-state index >= 15 is 0 Å². The molecule has 0 amide bonds. The molecule has 0 spiro atoms. The van der Waals surface area contributed by atoms with E-state index in [1.165, 1.54) is 0 Å². The molecule has 0 saturated heterocycles. The van der Waals surface area contributed by atoms with Gasteiger partial charge >= 0.3 is 0 Å². The van der Waals surface area contributed by atoms with Gasteiger partial charge in [-0.05, 0) is 30.7 Å². The number of benzene rings is 1. The molecule has 0 radical (unpaired) electrons. The van der Waals surface area contributed by atoms with E-state index in [0.29, 0.717) is 12.3 Å². The van der Waals surface area contributed by atoms with Crippen molar-refractivity contribution >= 4 is 23.4 Å². The summed E-state index contributed by atoms with van der Waals surface area (Å²) in [5.74, 6) is 1.52. The predicted molar refractivity (Wildman–Crippen MR) is 75.8 cm³/mol. The summed E-state index contributed by atoms with van der Waals surface area (Å²) in [6, 6.07) is 7.77. The van der Waals surface area contributed by atoms with E-state index in [2.05, 4.69) is 9.97 Å². The number of aromatic nitrogens is 2. The molecule has 0 unspecified atom stereocenters. The Morgan fingerprint density at radius 2 is 1.89 bits per heavy atom. The van der Waals surface area contributed by atoms with Crippen LogP contribution >= 0.6 is 23.4 Å². The van der Waals surface area contributed by atoms with Gasteiger partial charge in [0.2, 0.25) is 0 Å². The number of nitrogens with zero attached hydrogens (tertiary/aromatic N) is 2. The van der Waals surface area contributed by atoms with Crippen LogP contribution in [0.25, 0.3) is 0 Å². The smallest absolute Gasteiger partial charge is 0.138 e. The highest BCUT2D eigenvalue weighted by Gasteiger charge is 2.02. The first-order valence-electron chi connectivity index (χ1n) is 5.67. The third-order valence-corrected chi connectivity index (χ3v) is 3.90. The zero-order valence-electron chi connectivity index (χ0n) is 9.84. The van der Waals surface area contributed by atoms with Gasteiger partial charge in [0.1, 0.15) is 5.82 Å². The maximum atomic E-state index is 6.08. The summed E-state index contributed by atoms with van der Waals surface area (Å²) in [5.41, 5.74) is 6.55. The highest BCUT2D eigenvalue weighted by atomic mass is 35.5. The zero-order valence-corrected chi connectivity index (χ0v) is 11.4. The Balaban J connectivity index is 1.96. The predicted octanol–water partition coefficient (Wildman–Crippen LogP) is 2.92. The van der Waals surface area contributed by atoms with Crippen molar-refractivity contribution in [2.75, 3.05) is 6.54 Å². The van der Waals surface area contributed by atoms with Crippen LogP contribution in [0.15, 0.2) is 41.6 Å². The summed E-state index contributed by atoms with van der Waals surface area (Å²) in [5, 5.41) is 0.766. The fourth-order valence-electron chi connectivity index (χ4n) is 1.46. The fourth-order valence-corrected chi connectivity index (χ4v) is 2.57. The fraction of sp³-hybridized carbons (Fsp3) is 0.231. The van der Waals surface area contributed by atoms with Crippen LogP contribution in [0.2, 0.25) is 5.02 Å². The first-order chi connectivity index (χ1) is 8.79. The SMILES string of the molecule is NCCc1cnc(CSc2ccccc2Cl)nc1. The molecule has 18 heavy (non-hydrogen) atoms. The molecule has 3 nitrogen and oxygen atoms in total. The number of hydrogen-bond donors (Lipinski definition) is 1. The van der Waals surface area contributed by atoms with E-state index < -0.39 is 0 Å². The molecule has 1 aromatic heterocycles. The molecule has 0 saturated carbocycles. The summed E-state index contributed by atoms with van der Waals surface area (Å²) < 4.78 is 0. The van der Waals surface area contributed by atoms with Gasteiger partial charge in [-0.25, -0.2) is 9.97 Å². The van der Waals surface area contributed by atoms with Gasteiger partial charge in [0, 0.05) is 17.3 Å². The summed E-state index contributed by atoms with van der Waals surface area (Å²) in [6.07, 6.45) is 4.49. The number of thioether (sulfide) groups is 1. The lowest BCUT2D eigenvalue weighted by Gasteiger charge is -2.03. The van der Waals surface area contributed by atoms with E-state index in [4.69, 9.17) is 17.3 Å². The number of nitrogens with two attached hydrogens (primary N) is 1. The molecule has 2 N–H and O–H groups in total. The van der Waals surface area contributed by atoms with Crippen molar-refractivity contribution in [3.8, 4) is 0 Å². The van der Waals surface area contributed by atoms with Crippen LogP contribution in [-0.4, -0.2) is 16.5 Å². The topological polar surface area (TPSA) is 51.8 Å². The molecule has 1 aromatic carbocycles. The molecule has 1 heterocycles. The lowest BCUT2D eigenvalue weighted by molar-refractivity contribution is 0.920. The van der Waals surface area contributed by atoms with Gasteiger partial charge in [-0.1, -0.05) is 23.7 Å². The Morgan fingerprint density at radius 3 is 2.56 bits per heavy atom. The summed E-state index contributed by atoms with van der Waals surface area (Å²) >= 11 is 7.72. The third-order valence-electron chi connectivity index (χ3n) is 2.39. The Labute approximate surface area is 116 Å². The molecule has 0 fully saturated rings. The molecule has 0 aliphatic rings. The van der Waals surface area contributed by atoms with E-state index in [1.54, 1.807) is 11.8 Å². The van der Waals surface area contributed by atoms with Crippen LogP contribution in [0.1, 0.15) is 11.4 Å². The molecular formula is C13H14ClN3S. The molecule has 5 heteroatoms. The van der Waals surface area contributed by atoms with E-state index in [-0.39, 0.29) is 0 Å². The average Bonchev–Trinajstić information content (AvgIpc) is 2.40. The van der Waals surface area contributed by atoms with Crippen molar-refractivity contribution in [1.29, 1.82) is 0 Å². The second-order valence-electron chi connectivity index (χ2n) is 3.77. The minimum absolute atomic E-state index is 0.622. The monoisotopic (exact) mass is 279 g/mol. The number of halogens is 1. The highest BCUT2D eigenvalue weighted by molar-refractivity contribution is 7.98. The quantitative estimate of drug-likeness (QED) is 0.855. The molecule has 0 atom stereocenters. The maximum Gasteiger partial charge on any atom is 0.138 e. The van der Waals surface area contributed by atoms with Crippen LogP contribution in [-0.2, 0) is 12.2 Å². The van der Waals surface area contributed by atoms with Crippen molar-refractivity contribution in [2.45, 2.75) is 17.1 Å². The largest absolute Gasteiger partial charge is 0.330 e.